The third-order valence-corrected chi connectivity index (χ3v) is 5.62. The summed E-state index contributed by atoms with van der Waals surface area (Å²) in [4.78, 5) is 10.9. The van der Waals surface area contributed by atoms with E-state index in [2.05, 4.69) is 36.6 Å². The zero-order valence-electron chi connectivity index (χ0n) is 10.4. The summed E-state index contributed by atoms with van der Waals surface area (Å²) < 4.78 is 27.8. The molecule has 2 aromatic carbocycles. The minimum atomic E-state index is -3.77. The van der Waals surface area contributed by atoms with Crippen molar-refractivity contribution >= 4 is 53.5 Å². The van der Waals surface area contributed by atoms with Crippen molar-refractivity contribution in [2.45, 2.75) is 4.90 Å². The van der Waals surface area contributed by atoms with Crippen LogP contribution >= 0.6 is 31.9 Å². The van der Waals surface area contributed by atoms with Gasteiger partial charge in [-0.05, 0) is 62.2 Å². The molecule has 2 rings (SSSR count). The van der Waals surface area contributed by atoms with Crippen LogP contribution in [0.25, 0.3) is 0 Å². The highest BCUT2D eigenvalue weighted by atomic mass is 79.9. The van der Waals surface area contributed by atoms with Gasteiger partial charge in [-0.1, -0.05) is 12.1 Å². The number of aromatic carboxylic acids is 1. The van der Waals surface area contributed by atoms with Crippen LogP contribution in [0, 0.1) is 0 Å². The molecule has 110 valence electrons. The van der Waals surface area contributed by atoms with Crippen molar-refractivity contribution in [2.75, 3.05) is 4.72 Å². The quantitative estimate of drug-likeness (QED) is 0.768. The molecule has 0 saturated heterocycles. The van der Waals surface area contributed by atoms with E-state index in [-0.39, 0.29) is 16.1 Å². The Labute approximate surface area is 138 Å². The number of hydrogen-bond acceptors (Lipinski definition) is 3. The molecule has 0 fully saturated rings. The minimum absolute atomic E-state index is 0.0608. The van der Waals surface area contributed by atoms with Gasteiger partial charge in [-0.25, -0.2) is 13.2 Å². The molecule has 0 atom stereocenters. The average molecular weight is 435 g/mol. The first kappa shape index (κ1) is 16.0. The van der Waals surface area contributed by atoms with Gasteiger partial charge in [0.2, 0.25) is 0 Å². The second-order valence-electron chi connectivity index (χ2n) is 4.04. The van der Waals surface area contributed by atoms with Gasteiger partial charge in [-0.2, -0.15) is 0 Å². The molecular formula is C13H9Br2NO4S. The lowest BCUT2D eigenvalue weighted by molar-refractivity contribution is 0.0697. The van der Waals surface area contributed by atoms with Crippen LogP contribution in [-0.4, -0.2) is 19.5 Å². The van der Waals surface area contributed by atoms with Crippen molar-refractivity contribution in [2.24, 2.45) is 0 Å². The molecule has 0 aromatic heterocycles. The number of halogens is 2. The molecule has 0 heterocycles. The Morgan fingerprint density at radius 2 is 1.71 bits per heavy atom. The minimum Gasteiger partial charge on any atom is -0.478 e. The molecule has 0 aliphatic carbocycles. The number of hydrogen-bond donors (Lipinski definition) is 2. The molecule has 0 bridgehead atoms. The summed E-state index contributed by atoms with van der Waals surface area (Å²) in [7, 11) is -3.77. The molecule has 21 heavy (non-hydrogen) atoms. The van der Waals surface area contributed by atoms with Crippen LogP contribution in [-0.2, 0) is 10.0 Å². The molecule has 0 amide bonds. The number of sulfonamides is 1. The fraction of sp³-hybridized carbons (Fsp3) is 0. The molecule has 0 radical (unpaired) electrons. The van der Waals surface area contributed by atoms with Gasteiger partial charge < -0.3 is 5.11 Å². The lowest BCUT2D eigenvalue weighted by Gasteiger charge is -2.11. The Morgan fingerprint density at radius 1 is 1.05 bits per heavy atom. The van der Waals surface area contributed by atoms with E-state index in [1.807, 2.05) is 0 Å². The predicted molar refractivity (Wildman–Crippen MR) is 86.1 cm³/mol. The molecule has 0 unspecified atom stereocenters. The van der Waals surface area contributed by atoms with Gasteiger partial charge in [0.25, 0.3) is 10.0 Å². The highest BCUT2D eigenvalue weighted by molar-refractivity contribution is 9.11. The number of carbonyl (C=O) groups is 1. The highest BCUT2D eigenvalue weighted by Crippen LogP contribution is 2.28. The third-order valence-electron chi connectivity index (χ3n) is 2.59. The standard InChI is InChI=1S/C13H9Br2NO4S/c14-9-3-1-2-4-12(9)21(19,20)16-11-6-5-8(13(17)18)7-10(11)15/h1-7,16H,(H,17,18). The van der Waals surface area contributed by atoms with Gasteiger partial charge in [0, 0.05) is 8.95 Å². The van der Waals surface area contributed by atoms with Crippen molar-refractivity contribution in [3.63, 3.8) is 0 Å². The number of benzene rings is 2. The number of carboxylic acids is 1. The summed E-state index contributed by atoms with van der Waals surface area (Å²) in [5.41, 5.74) is 0.321. The molecule has 5 nitrogen and oxygen atoms in total. The highest BCUT2D eigenvalue weighted by Gasteiger charge is 2.18. The lowest BCUT2D eigenvalue weighted by Crippen LogP contribution is -2.14. The predicted octanol–water partition coefficient (Wildman–Crippen LogP) is 3.71. The Balaban J connectivity index is 2.38. The molecule has 2 aromatic rings. The van der Waals surface area contributed by atoms with Crippen molar-refractivity contribution in [1.82, 2.24) is 0 Å². The molecule has 0 spiro atoms. The zero-order valence-corrected chi connectivity index (χ0v) is 14.4. The van der Waals surface area contributed by atoms with Crippen molar-refractivity contribution in [3.05, 3.63) is 57.0 Å². The van der Waals surface area contributed by atoms with Crippen molar-refractivity contribution in [1.29, 1.82) is 0 Å². The van der Waals surface area contributed by atoms with E-state index in [0.29, 0.717) is 8.95 Å². The normalized spacial score (nSPS) is 11.1. The summed E-state index contributed by atoms with van der Waals surface area (Å²) in [6.45, 7) is 0. The number of anilines is 1. The summed E-state index contributed by atoms with van der Waals surface area (Å²) in [6, 6.07) is 10.5. The van der Waals surface area contributed by atoms with E-state index in [9.17, 15) is 13.2 Å². The molecule has 0 aliphatic heterocycles. The Bertz CT molecular complexity index is 806. The molecule has 0 aliphatic rings. The van der Waals surface area contributed by atoms with Crippen molar-refractivity contribution in [3.8, 4) is 0 Å². The van der Waals surface area contributed by atoms with E-state index in [1.54, 1.807) is 18.2 Å². The number of rotatable bonds is 4. The lowest BCUT2D eigenvalue weighted by atomic mass is 10.2. The molecule has 0 saturated carbocycles. The average Bonchev–Trinajstić information content (AvgIpc) is 2.41. The maximum Gasteiger partial charge on any atom is 0.335 e. The van der Waals surface area contributed by atoms with Crippen LogP contribution < -0.4 is 4.72 Å². The van der Waals surface area contributed by atoms with Crippen LogP contribution in [0.5, 0.6) is 0 Å². The monoisotopic (exact) mass is 433 g/mol. The van der Waals surface area contributed by atoms with E-state index in [0.717, 1.165) is 0 Å². The molecule has 2 N–H and O–H groups in total. The second-order valence-corrected chi connectivity index (χ2v) is 7.40. The largest absolute Gasteiger partial charge is 0.478 e. The molecular weight excluding hydrogens is 426 g/mol. The summed E-state index contributed by atoms with van der Waals surface area (Å²) in [5, 5.41) is 8.88. The van der Waals surface area contributed by atoms with Gasteiger partial charge >= 0.3 is 5.97 Å². The number of nitrogens with one attached hydrogen (secondary N) is 1. The first-order chi connectivity index (χ1) is 9.81. The number of carboxylic acid groups (broad SMARTS) is 1. The van der Waals surface area contributed by atoms with Crippen molar-refractivity contribution < 1.29 is 18.3 Å². The van der Waals surface area contributed by atoms with E-state index in [4.69, 9.17) is 5.11 Å². The third kappa shape index (κ3) is 3.63. The Hall–Kier alpha value is -1.38. The fourth-order valence-electron chi connectivity index (χ4n) is 1.59. The maximum atomic E-state index is 12.3. The van der Waals surface area contributed by atoms with Crippen LogP contribution in [0.1, 0.15) is 10.4 Å². The molecule has 8 heteroatoms. The first-order valence-electron chi connectivity index (χ1n) is 5.61. The van der Waals surface area contributed by atoms with Gasteiger partial charge in [-0.3, -0.25) is 4.72 Å². The van der Waals surface area contributed by atoms with Crippen LogP contribution in [0.15, 0.2) is 56.3 Å². The topological polar surface area (TPSA) is 83.5 Å². The fourth-order valence-corrected chi connectivity index (χ4v) is 4.29. The van der Waals surface area contributed by atoms with E-state index >= 15 is 0 Å². The van der Waals surface area contributed by atoms with Crippen LogP contribution in [0.3, 0.4) is 0 Å². The van der Waals surface area contributed by atoms with E-state index in [1.165, 1.54) is 24.3 Å². The Morgan fingerprint density at radius 3 is 2.29 bits per heavy atom. The van der Waals surface area contributed by atoms with Crippen LogP contribution in [0.4, 0.5) is 5.69 Å². The van der Waals surface area contributed by atoms with Gasteiger partial charge in [0.05, 0.1) is 11.3 Å². The van der Waals surface area contributed by atoms with Crippen LogP contribution in [0.2, 0.25) is 0 Å². The summed E-state index contributed by atoms with van der Waals surface area (Å²) in [5.74, 6) is -1.09. The van der Waals surface area contributed by atoms with E-state index < -0.39 is 16.0 Å². The second kappa shape index (κ2) is 6.17. The summed E-state index contributed by atoms with van der Waals surface area (Å²) >= 11 is 6.34. The SMILES string of the molecule is O=C(O)c1ccc(NS(=O)(=O)c2ccccc2Br)c(Br)c1. The maximum absolute atomic E-state index is 12.3. The van der Waals surface area contributed by atoms with Gasteiger partial charge in [-0.15, -0.1) is 0 Å². The summed E-state index contributed by atoms with van der Waals surface area (Å²) in [6.07, 6.45) is 0. The first-order valence-corrected chi connectivity index (χ1v) is 8.68. The zero-order chi connectivity index (χ0) is 15.6. The Kier molecular flexibility index (Phi) is 4.70. The smallest absolute Gasteiger partial charge is 0.335 e. The van der Waals surface area contributed by atoms with Gasteiger partial charge in [0.1, 0.15) is 4.90 Å². The van der Waals surface area contributed by atoms with Gasteiger partial charge in [0.15, 0.2) is 0 Å².